The number of rotatable bonds is 13. The molecule has 2 N–H and O–H groups in total. The molecule has 0 saturated carbocycles. The van der Waals surface area contributed by atoms with E-state index in [2.05, 4.69) is 36.4 Å². The number of carbonyl (C=O) groups is 1. The van der Waals surface area contributed by atoms with Gasteiger partial charge in [-0.3, -0.25) is 4.79 Å². The number of pyridine rings is 1. The second-order valence-corrected chi connectivity index (χ2v) is 12.6. The Balaban J connectivity index is 1.52. The highest BCUT2D eigenvalue weighted by molar-refractivity contribution is 7.99. The third-order valence-electron chi connectivity index (χ3n) is 7.33. The lowest BCUT2D eigenvalue weighted by molar-refractivity contribution is -0.140. The molecule has 3 aromatic carbocycles. The van der Waals surface area contributed by atoms with Crippen LogP contribution in [0.2, 0.25) is 5.02 Å². The fraction of sp³-hybridized carbons (Fsp3) is 0.314. The van der Waals surface area contributed by atoms with Gasteiger partial charge in [-0.1, -0.05) is 85.3 Å². The zero-order chi connectivity index (χ0) is 29.4. The lowest BCUT2D eigenvalue weighted by Gasteiger charge is -2.23. The number of aliphatic carboxylic acids is 1. The summed E-state index contributed by atoms with van der Waals surface area (Å²) in [6, 6.07) is 26.3. The number of hydrogen-bond acceptors (Lipinski definition) is 4. The van der Waals surface area contributed by atoms with Crippen LogP contribution in [0.5, 0.6) is 0 Å². The largest absolute Gasteiger partial charge is 0.481 e. The Morgan fingerprint density at radius 3 is 2.56 bits per heavy atom. The summed E-state index contributed by atoms with van der Waals surface area (Å²) >= 11 is 7.88. The van der Waals surface area contributed by atoms with Crippen molar-refractivity contribution in [1.82, 2.24) is 4.98 Å². The number of aromatic nitrogens is 1. The normalized spacial score (nSPS) is 13.5. The Bertz CT molecular complexity index is 1510. The van der Waals surface area contributed by atoms with Gasteiger partial charge in [0.15, 0.2) is 0 Å². The second-order valence-electron chi connectivity index (χ2n) is 11.0. The molecule has 214 valence electrons. The Morgan fingerprint density at radius 1 is 1.02 bits per heavy atom. The number of benzene rings is 3. The van der Waals surface area contributed by atoms with Crippen molar-refractivity contribution in [3.63, 3.8) is 0 Å². The number of carboxylic acid groups (broad SMARTS) is 1. The molecule has 0 spiro atoms. The maximum atomic E-state index is 11.7. The zero-order valence-electron chi connectivity index (χ0n) is 23.9. The SMILES string of the molecule is CC[C@H](CS[C@@H](CCCc1ccccc1C(C)(C)O)c1cccc(C=Cc2ccc3ccc(Cl)cc3n2)c1)C(=O)O. The average molecular weight is 588 g/mol. The Labute approximate surface area is 252 Å². The summed E-state index contributed by atoms with van der Waals surface area (Å²) in [6.07, 6.45) is 7.37. The number of nitrogens with zero attached hydrogens (tertiary/aromatic N) is 1. The Kier molecular flexibility index (Phi) is 10.7. The van der Waals surface area contributed by atoms with Gasteiger partial charge < -0.3 is 10.2 Å². The van der Waals surface area contributed by atoms with Crippen molar-refractivity contribution in [3.8, 4) is 0 Å². The molecule has 1 aromatic heterocycles. The standard InChI is InChI=1S/C35H38ClNO3S/c1-4-25(34(38)39)23-41-33(14-8-11-26-10-5-6-13-31(26)35(2,3)40)28-12-7-9-24(21-28)15-19-30-20-17-27-16-18-29(36)22-32(27)37-30/h5-7,9-10,12-13,15-22,25,33,40H,4,8,11,14,23H2,1-3H3,(H,38,39)/t25-,33+/m1/s1. The van der Waals surface area contributed by atoms with Crippen LogP contribution in [0.25, 0.3) is 23.1 Å². The van der Waals surface area contributed by atoms with Gasteiger partial charge >= 0.3 is 5.97 Å². The minimum Gasteiger partial charge on any atom is -0.481 e. The van der Waals surface area contributed by atoms with Crippen molar-refractivity contribution in [3.05, 3.63) is 112 Å². The Hall–Kier alpha value is -3.12. The molecule has 0 aliphatic rings. The lowest BCUT2D eigenvalue weighted by Crippen LogP contribution is -2.18. The zero-order valence-corrected chi connectivity index (χ0v) is 25.5. The Morgan fingerprint density at radius 2 is 1.80 bits per heavy atom. The van der Waals surface area contributed by atoms with Crippen LogP contribution in [0.15, 0.2) is 78.9 Å². The number of aryl methyl sites for hydroxylation is 1. The molecule has 0 fully saturated rings. The molecule has 4 aromatic rings. The average Bonchev–Trinajstić information content (AvgIpc) is 2.95. The van der Waals surface area contributed by atoms with E-state index in [4.69, 9.17) is 16.6 Å². The smallest absolute Gasteiger partial charge is 0.307 e. The fourth-order valence-electron chi connectivity index (χ4n) is 5.00. The van der Waals surface area contributed by atoms with Gasteiger partial charge in [0.25, 0.3) is 0 Å². The first-order valence-corrected chi connectivity index (χ1v) is 15.6. The molecule has 6 heteroatoms. The summed E-state index contributed by atoms with van der Waals surface area (Å²) in [5, 5.41) is 22.1. The summed E-state index contributed by atoms with van der Waals surface area (Å²) in [6.45, 7) is 5.58. The molecule has 0 bridgehead atoms. The minimum atomic E-state index is -0.895. The number of halogens is 1. The first kappa shape index (κ1) is 30.8. The van der Waals surface area contributed by atoms with E-state index in [1.54, 1.807) is 11.8 Å². The highest BCUT2D eigenvalue weighted by Crippen LogP contribution is 2.37. The number of fused-ring (bicyclic) bond motifs is 1. The van der Waals surface area contributed by atoms with Crippen LogP contribution in [-0.2, 0) is 16.8 Å². The maximum Gasteiger partial charge on any atom is 0.307 e. The van der Waals surface area contributed by atoms with Crippen LogP contribution in [-0.4, -0.2) is 26.9 Å². The molecule has 0 aliphatic carbocycles. The molecule has 1 heterocycles. The van der Waals surface area contributed by atoms with E-state index in [1.165, 1.54) is 5.56 Å². The van der Waals surface area contributed by atoms with Crippen LogP contribution in [0.3, 0.4) is 0 Å². The van der Waals surface area contributed by atoms with Gasteiger partial charge in [-0.2, -0.15) is 11.8 Å². The number of thioether (sulfide) groups is 1. The van der Waals surface area contributed by atoms with Crippen molar-refractivity contribution < 1.29 is 15.0 Å². The number of hydrogen-bond donors (Lipinski definition) is 2. The monoisotopic (exact) mass is 587 g/mol. The van der Waals surface area contributed by atoms with E-state index in [1.807, 2.05) is 75.4 Å². The van der Waals surface area contributed by atoms with Crippen LogP contribution >= 0.6 is 23.4 Å². The molecule has 0 radical (unpaired) electrons. The molecule has 0 aliphatic heterocycles. The van der Waals surface area contributed by atoms with Crippen LogP contribution in [0, 0.1) is 5.92 Å². The van der Waals surface area contributed by atoms with Crippen molar-refractivity contribution in [2.24, 2.45) is 5.92 Å². The van der Waals surface area contributed by atoms with E-state index >= 15 is 0 Å². The van der Waals surface area contributed by atoms with Gasteiger partial charge in [0, 0.05) is 21.4 Å². The summed E-state index contributed by atoms with van der Waals surface area (Å²) in [5.41, 5.74) is 5.19. The molecule has 4 rings (SSSR count). The quantitative estimate of drug-likeness (QED) is 0.163. The first-order valence-electron chi connectivity index (χ1n) is 14.1. The van der Waals surface area contributed by atoms with Crippen LogP contribution < -0.4 is 0 Å². The lowest BCUT2D eigenvalue weighted by atomic mass is 9.90. The summed E-state index contributed by atoms with van der Waals surface area (Å²) in [7, 11) is 0. The van der Waals surface area contributed by atoms with Crippen molar-refractivity contribution in [2.75, 3.05) is 5.75 Å². The predicted octanol–water partition coefficient (Wildman–Crippen LogP) is 9.19. The molecule has 41 heavy (non-hydrogen) atoms. The highest BCUT2D eigenvalue weighted by Gasteiger charge is 2.22. The molecular weight excluding hydrogens is 550 g/mol. The van der Waals surface area contributed by atoms with Crippen molar-refractivity contribution in [2.45, 2.75) is 57.3 Å². The van der Waals surface area contributed by atoms with Crippen molar-refractivity contribution in [1.29, 1.82) is 0 Å². The number of carboxylic acids is 1. The molecule has 2 atom stereocenters. The van der Waals surface area contributed by atoms with Crippen LogP contribution in [0.4, 0.5) is 0 Å². The molecule has 0 saturated heterocycles. The van der Waals surface area contributed by atoms with E-state index in [-0.39, 0.29) is 11.2 Å². The van der Waals surface area contributed by atoms with Gasteiger partial charge in [0.1, 0.15) is 0 Å². The van der Waals surface area contributed by atoms with Crippen molar-refractivity contribution >= 4 is 52.4 Å². The third-order valence-corrected chi connectivity index (χ3v) is 9.07. The highest BCUT2D eigenvalue weighted by atomic mass is 35.5. The van der Waals surface area contributed by atoms with Gasteiger partial charge in [-0.25, -0.2) is 4.98 Å². The first-order chi connectivity index (χ1) is 19.6. The summed E-state index contributed by atoms with van der Waals surface area (Å²) in [4.78, 5) is 16.5. The fourth-order valence-corrected chi connectivity index (χ4v) is 6.68. The maximum absolute atomic E-state index is 11.7. The third kappa shape index (κ3) is 8.68. The predicted molar refractivity (Wildman–Crippen MR) is 173 cm³/mol. The molecule has 4 nitrogen and oxygen atoms in total. The van der Waals surface area contributed by atoms with E-state index in [0.29, 0.717) is 17.2 Å². The topological polar surface area (TPSA) is 70.4 Å². The van der Waals surface area contributed by atoms with Gasteiger partial charge in [0.05, 0.1) is 22.7 Å². The van der Waals surface area contributed by atoms with Crippen LogP contribution in [0.1, 0.15) is 73.2 Å². The van der Waals surface area contributed by atoms with E-state index < -0.39 is 11.6 Å². The second kappa shape index (κ2) is 14.2. The van der Waals surface area contributed by atoms with E-state index in [0.717, 1.165) is 52.5 Å². The summed E-state index contributed by atoms with van der Waals surface area (Å²) < 4.78 is 0. The van der Waals surface area contributed by atoms with E-state index in [9.17, 15) is 15.0 Å². The van der Waals surface area contributed by atoms with Gasteiger partial charge in [-0.05, 0) is 86.1 Å². The summed E-state index contributed by atoms with van der Waals surface area (Å²) in [5.74, 6) is -0.534. The molecular formula is C35H38ClNO3S. The number of aliphatic hydroxyl groups is 1. The van der Waals surface area contributed by atoms with Gasteiger partial charge in [0.2, 0.25) is 0 Å². The van der Waals surface area contributed by atoms with Gasteiger partial charge in [-0.15, -0.1) is 0 Å². The molecule has 0 unspecified atom stereocenters. The molecule has 0 amide bonds. The minimum absolute atomic E-state index is 0.159.